The maximum atomic E-state index is 13.0. The van der Waals surface area contributed by atoms with Gasteiger partial charge >= 0.3 is 0 Å². The lowest BCUT2D eigenvalue weighted by Crippen LogP contribution is -2.47. The van der Waals surface area contributed by atoms with E-state index >= 15 is 0 Å². The van der Waals surface area contributed by atoms with E-state index in [4.69, 9.17) is 0 Å². The highest BCUT2D eigenvalue weighted by molar-refractivity contribution is 7.89. The van der Waals surface area contributed by atoms with Gasteiger partial charge in [0.25, 0.3) is 5.91 Å². The normalized spacial score (nSPS) is 28.0. The van der Waals surface area contributed by atoms with Gasteiger partial charge < -0.3 is 5.32 Å². The maximum absolute atomic E-state index is 13.0. The lowest BCUT2D eigenvalue weighted by molar-refractivity contribution is 0.0916. The van der Waals surface area contributed by atoms with Crippen LogP contribution in [0, 0.1) is 0 Å². The standard InChI is InChI=1S/C18H27N3O3S2/c22-18(19-14-7-12-20-9-5-2-6-15(14)20)17-16(8-13-25-17)26(23,24)21-10-3-1-4-11-21/h8,13-15H,1-7,9-12H2,(H,19,22)/t14-,15+/m0/s1. The van der Waals surface area contributed by atoms with E-state index in [0.29, 0.717) is 24.0 Å². The molecular formula is C18H27N3O3S2. The number of fused-ring (bicyclic) bond motifs is 1. The highest BCUT2D eigenvalue weighted by atomic mass is 32.2. The third-order valence-electron chi connectivity index (χ3n) is 5.94. The van der Waals surface area contributed by atoms with Gasteiger partial charge in [0.05, 0.1) is 0 Å². The van der Waals surface area contributed by atoms with Crippen LogP contribution in [0.3, 0.4) is 0 Å². The van der Waals surface area contributed by atoms with Crippen molar-refractivity contribution < 1.29 is 13.2 Å². The smallest absolute Gasteiger partial charge is 0.263 e. The van der Waals surface area contributed by atoms with Crippen molar-refractivity contribution in [2.75, 3.05) is 26.2 Å². The number of sulfonamides is 1. The van der Waals surface area contributed by atoms with E-state index in [1.165, 1.54) is 28.5 Å². The van der Waals surface area contributed by atoms with E-state index in [2.05, 4.69) is 10.2 Å². The van der Waals surface area contributed by atoms with Crippen LogP contribution in [0.2, 0.25) is 0 Å². The molecule has 0 aromatic carbocycles. The molecular weight excluding hydrogens is 370 g/mol. The lowest BCUT2D eigenvalue weighted by atomic mass is 9.99. The van der Waals surface area contributed by atoms with E-state index in [9.17, 15) is 13.2 Å². The first-order valence-corrected chi connectivity index (χ1v) is 12.0. The van der Waals surface area contributed by atoms with E-state index < -0.39 is 10.0 Å². The molecule has 26 heavy (non-hydrogen) atoms. The predicted octanol–water partition coefficient (Wildman–Crippen LogP) is 2.28. The molecule has 1 N–H and O–H groups in total. The van der Waals surface area contributed by atoms with Crippen LogP contribution in [-0.2, 0) is 10.0 Å². The number of thiophene rings is 1. The van der Waals surface area contributed by atoms with Crippen LogP contribution in [0.5, 0.6) is 0 Å². The number of carbonyl (C=O) groups excluding carboxylic acids is 1. The predicted molar refractivity (Wildman–Crippen MR) is 102 cm³/mol. The van der Waals surface area contributed by atoms with Gasteiger partial charge in [-0.2, -0.15) is 4.31 Å². The third kappa shape index (κ3) is 3.44. The minimum absolute atomic E-state index is 0.135. The zero-order chi connectivity index (χ0) is 18.1. The van der Waals surface area contributed by atoms with Crippen LogP contribution in [0.15, 0.2) is 16.3 Å². The minimum atomic E-state index is -3.58. The van der Waals surface area contributed by atoms with Crippen LogP contribution in [0.4, 0.5) is 0 Å². The van der Waals surface area contributed by atoms with Gasteiger partial charge in [-0.25, -0.2) is 8.42 Å². The summed E-state index contributed by atoms with van der Waals surface area (Å²) in [5.41, 5.74) is 0. The van der Waals surface area contributed by atoms with Crippen molar-refractivity contribution in [1.29, 1.82) is 0 Å². The fourth-order valence-corrected chi connectivity index (χ4v) is 7.38. The van der Waals surface area contributed by atoms with Gasteiger partial charge in [-0.1, -0.05) is 12.8 Å². The Morgan fingerprint density at radius 3 is 2.62 bits per heavy atom. The summed E-state index contributed by atoms with van der Waals surface area (Å²) < 4.78 is 27.5. The average Bonchev–Trinajstić information content (AvgIpc) is 3.30. The van der Waals surface area contributed by atoms with Crippen LogP contribution < -0.4 is 5.32 Å². The quantitative estimate of drug-likeness (QED) is 0.846. The largest absolute Gasteiger partial charge is 0.347 e. The van der Waals surface area contributed by atoms with E-state index in [1.54, 1.807) is 11.4 Å². The second-order valence-electron chi connectivity index (χ2n) is 7.55. The Balaban J connectivity index is 1.50. The number of nitrogens with one attached hydrogen (secondary N) is 1. The molecule has 0 bridgehead atoms. The number of hydrogen-bond acceptors (Lipinski definition) is 5. The van der Waals surface area contributed by atoms with Crippen molar-refractivity contribution in [3.63, 3.8) is 0 Å². The highest BCUT2D eigenvalue weighted by Crippen LogP contribution is 2.30. The van der Waals surface area contributed by atoms with E-state index in [0.717, 1.165) is 45.2 Å². The molecule has 3 aliphatic rings. The Morgan fingerprint density at radius 1 is 1.04 bits per heavy atom. The highest BCUT2D eigenvalue weighted by Gasteiger charge is 2.37. The summed E-state index contributed by atoms with van der Waals surface area (Å²) in [7, 11) is -3.58. The Hall–Kier alpha value is -0.960. The summed E-state index contributed by atoms with van der Waals surface area (Å²) in [4.78, 5) is 15.9. The van der Waals surface area contributed by atoms with Gasteiger partial charge in [0, 0.05) is 31.7 Å². The lowest BCUT2D eigenvalue weighted by Gasteiger charge is -2.32. The summed E-state index contributed by atoms with van der Waals surface area (Å²) in [6.07, 6.45) is 7.38. The molecule has 4 heterocycles. The molecule has 1 amide bonds. The number of hydrogen-bond donors (Lipinski definition) is 1. The average molecular weight is 398 g/mol. The van der Waals surface area contributed by atoms with Crippen molar-refractivity contribution >= 4 is 27.3 Å². The Labute approximate surface area is 159 Å². The number of piperidine rings is 2. The first-order chi connectivity index (χ1) is 12.6. The topological polar surface area (TPSA) is 69.7 Å². The second kappa shape index (κ2) is 7.58. The van der Waals surface area contributed by atoms with Crippen molar-refractivity contribution in [1.82, 2.24) is 14.5 Å². The molecule has 0 unspecified atom stereocenters. The van der Waals surface area contributed by atoms with E-state index in [-0.39, 0.29) is 16.8 Å². The summed E-state index contributed by atoms with van der Waals surface area (Å²) >= 11 is 1.23. The third-order valence-corrected chi connectivity index (χ3v) is 8.92. The van der Waals surface area contributed by atoms with Crippen LogP contribution >= 0.6 is 11.3 Å². The van der Waals surface area contributed by atoms with Crippen molar-refractivity contribution in [2.45, 2.75) is 61.9 Å². The summed E-state index contributed by atoms with van der Waals surface area (Å²) in [5.74, 6) is -0.229. The fraction of sp³-hybridized carbons (Fsp3) is 0.722. The zero-order valence-electron chi connectivity index (χ0n) is 15.0. The summed E-state index contributed by atoms with van der Waals surface area (Å²) in [5, 5.41) is 4.86. The minimum Gasteiger partial charge on any atom is -0.347 e. The van der Waals surface area contributed by atoms with Gasteiger partial charge in [0.2, 0.25) is 10.0 Å². The van der Waals surface area contributed by atoms with Crippen LogP contribution in [0.25, 0.3) is 0 Å². The van der Waals surface area contributed by atoms with Crippen molar-refractivity contribution in [3.05, 3.63) is 16.3 Å². The summed E-state index contributed by atoms with van der Waals surface area (Å²) in [6.45, 7) is 3.25. The number of carbonyl (C=O) groups is 1. The molecule has 144 valence electrons. The zero-order valence-corrected chi connectivity index (χ0v) is 16.7. The van der Waals surface area contributed by atoms with Crippen LogP contribution in [0.1, 0.15) is 54.6 Å². The summed E-state index contributed by atoms with van der Waals surface area (Å²) in [6, 6.07) is 2.13. The molecule has 6 nitrogen and oxygen atoms in total. The monoisotopic (exact) mass is 397 g/mol. The number of nitrogens with zero attached hydrogens (tertiary/aromatic N) is 2. The van der Waals surface area contributed by atoms with Gasteiger partial charge in [0.15, 0.2) is 0 Å². The second-order valence-corrected chi connectivity index (χ2v) is 10.4. The molecule has 0 saturated carbocycles. The number of rotatable bonds is 4. The Kier molecular flexibility index (Phi) is 5.36. The van der Waals surface area contributed by atoms with Gasteiger partial charge in [-0.15, -0.1) is 11.3 Å². The van der Waals surface area contributed by atoms with Gasteiger partial charge in [0.1, 0.15) is 9.77 Å². The molecule has 3 saturated heterocycles. The SMILES string of the molecule is O=C(N[C@H]1CCN2CCCC[C@H]12)c1sccc1S(=O)(=O)N1CCCCC1. The molecule has 2 atom stereocenters. The Morgan fingerprint density at radius 2 is 1.81 bits per heavy atom. The van der Waals surface area contributed by atoms with Crippen LogP contribution in [-0.4, -0.2) is 61.8 Å². The molecule has 3 aliphatic heterocycles. The maximum Gasteiger partial charge on any atom is 0.263 e. The Bertz CT molecular complexity index is 755. The molecule has 3 fully saturated rings. The molecule has 1 aromatic heterocycles. The molecule has 4 rings (SSSR count). The van der Waals surface area contributed by atoms with E-state index in [1.807, 2.05) is 0 Å². The van der Waals surface area contributed by atoms with Gasteiger partial charge in [-0.3, -0.25) is 9.69 Å². The van der Waals surface area contributed by atoms with Crippen molar-refractivity contribution in [2.24, 2.45) is 0 Å². The molecule has 1 aromatic rings. The van der Waals surface area contributed by atoms with Crippen molar-refractivity contribution in [3.8, 4) is 0 Å². The molecule has 0 radical (unpaired) electrons. The molecule has 0 aliphatic carbocycles. The molecule has 0 spiro atoms. The van der Waals surface area contributed by atoms with Gasteiger partial charge in [-0.05, 0) is 50.1 Å². The first kappa shape index (κ1) is 18.4. The first-order valence-electron chi connectivity index (χ1n) is 9.70. The fourth-order valence-electron chi connectivity index (χ4n) is 4.56. The number of amides is 1. The molecule has 8 heteroatoms.